The molecule has 1 rings (SSSR count). The Morgan fingerprint density at radius 1 is 1.62 bits per heavy atom. The molecule has 0 saturated carbocycles. The molecule has 0 heterocycles. The van der Waals surface area contributed by atoms with Gasteiger partial charge in [-0.2, -0.15) is 0 Å². The van der Waals surface area contributed by atoms with E-state index in [1.54, 1.807) is 25.3 Å². The third-order valence-corrected chi connectivity index (χ3v) is 2.49. The van der Waals surface area contributed by atoms with Gasteiger partial charge >= 0.3 is 5.97 Å². The van der Waals surface area contributed by atoms with E-state index in [9.17, 15) is 4.79 Å². The monoisotopic (exact) mass is 289 g/mol. The normalized spacial score (nSPS) is 11.9. The van der Waals surface area contributed by atoms with Crippen LogP contribution >= 0.6 is 15.9 Å². The summed E-state index contributed by atoms with van der Waals surface area (Å²) in [5.41, 5.74) is 5.31. The van der Waals surface area contributed by atoms with Crippen molar-refractivity contribution in [3.8, 4) is 11.5 Å². The van der Waals surface area contributed by atoms with Crippen LogP contribution in [-0.4, -0.2) is 30.8 Å². The third-order valence-electron chi connectivity index (χ3n) is 1.87. The lowest BCUT2D eigenvalue weighted by Crippen LogP contribution is -2.36. The highest BCUT2D eigenvalue weighted by Gasteiger charge is 2.13. The van der Waals surface area contributed by atoms with E-state index in [0.29, 0.717) is 16.0 Å². The number of ether oxygens (including phenoxy) is 2. The van der Waals surface area contributed by atoms with Crippen LogP contribution in [0, 0.1) is 0 Å². The number of methoxy groups -OCH3 is 1. The summed E-state index contributed by atoms with van der Waals surface area (Å²) >= 11 is 3.28. The quantitative estimate of drug-likeness (QED) is 0.853. The standard InChI is InChI=1S/C10H12BrNO4/c1-15-6-2-3-9(7(11)4-6)16-5-8(12)10(13)14/h2-4,8H,5,12H2,1H3,(H,13,14)/t8-/m0/s1. The number of carboxylic acid groups (broad SMARTS) is 1. The highest BCUT2D eigenvalue weighted by Crippen LogP contribution is 2.29. The summed E-state index contributed by atoms with van der Waals surface area (Å²) in [6.45, 7) is -0.0831. The fourth-order valence-corrected chi connectivity index (χ4v) is 1.45. The molecule has 0 spiro atoms. The lowest BCUT2D eigenvalue weighted by Gasteiger charge is -2.11. The van der Waals surface area contributed by atoms with Crippen LogP contribution in [0.25, 0.3) is 0 Å². The Hall–Kier alpha value is -1.27. The van der Waals surface area contributed by atoms with Gasteiger partial charge in [-0.1, -0.05) is 0 Å². The van der Waals surface area contributed by atoms with Gasteiger partial charge in [0, 0.05) is 0 Å². The van der Waals surface area contributed by atoms with Crippen LogP contribution in [0.1, 0.15) is 0 Å². The smallest absolute Gasteiger partial charge is 0.324 e. The fraction of sp³-hybridized carbons (Fsp3) is 0.300. The van der Waals surface area contributed by atoms with Crippen molar-refractivity contribution in [3.63, 3.8) is 0 Å². The van der Waals surface area contributed by atoms with E-state index in [-0.39, 0.29) is 6.61 Å². The van der Waals surface area contributed by atoms with Crippen molar-refractivity contribution in [2.45, 2.75) is 6.04 Å². The summed E-state index contributed by atoms with van der Waals surface area (Å²) in [4.78, 5) is 10.5. The van der Waals surface area contributed by atoms with E-state index < -0.39 is 12.0 Å². The molecular weight excluding hydrogens is 278 g/mol. The van der Waals surface area contributed by atoms with E-state index in [4.69, 9.17) is 20.3 Å². The maximum atomic E-state index is 10.5. The molecule has 0 unspecified atom stereocenters. The summed E-state index contributed by atoms with van der Waals surface area (Å²) < 4.78 is 10.9. The number of hydrogen-bond acceptors (Lipinski definition) is 4. The van der Waals surface area contributed by atoms with Gasteiger partial charge in [-0.15, -0.1) is 0 Å². The molecule has 6 heteroatoms. The average molecular weight is 290 g/mol. The van der Waals surface area contributed by atoms with Gasteiger partial charge < -0.3 is 20.3 Å². The highest BCUT2D eigenvalue weighted by atomic mass is 79.9. The molecule has 0 aliphatic carbocycles. The second-order valence-corrected chi connectivity index (χ2v) is 3.91. The first kappa shape index (κ1) is 12.8. The number of benzene rings is 1. The molecule has 0 aliphatic rings. The highest BCUT2D eigenvalue weighted by molar-refractivity contribution is 9.10. The Balaban J connectivity index is 2.64. The lowest BCUT2D eigenvalue weighted by atomic mass is 10.3. The van der Waals surface area contributed by atoms with Gasteiger partial charge in [0.1, 0.15) is 24.1 Å². The van der Waals surface area contributed by atoms with Crippen LogP contribution < -0.4 is 15.2 Å². The Morgan fingerprint density at radius 2 is 2.31 bits per heavy atom. The van der Waals surface area contributed by atoms with Gasteiger partial charge in [0.05, 0.1) is 11.6 Å². The first-order valence-corrected chi connectivity index (χ1v) is 5.28. The lowest BCUT2D eigenvalue weighted by molar-refractivity contribution is -0.139. The molecule has 5 nitrogen and oxygen atoms in total. The van der Waals surface area contributed by atoms with Crippen molar-refractivity contribution in [3.05, 3.63) is 22.7 Å². The number of carboxylic acids is 1. The molecule has 0 bridgehead atoms. The third kappa shape index (κ3) is 3.39. The summed E-state index contributed by atoms with van der Waals surface area (Å²) in [6.07, 6.45) is 0. The van der Waals surface area contributed by atoms with Crippen LogP contribution in [0.5, 0.6) is 11.5 Å². The van der Waals surface area contributed by atoms with Crippen LogP contribution in [0.2, 0.25) is 0 Å². The fourth-order valence-electron chi connectivity index (χ4n) is 0.976. The summed E-state index contributed by atoms with van der Waals surface area (Å²) in [7, 11) is 1.56. The molecule has 1 aromatic carbocycles. The van der Waals surface area contributed by atoms with E-state index in [1.165, 1.54) is 0 Å². The Morgan fingerprint density at radius 3 is 2.81 bits per heavy atom. The Bertz CT molecular complexity index is 383. The molecule has 0 fully saturated rings. The minimum Gasteiger partial charge on any atom is -0.497 e. The number of hydrogen-bond donors (Lipinski definition) is 2. The molecule has 0 saturated heterocycles. The molecule has 0 radical (unpaired) electrons. The molecule has 0 amide bonds. The molecule has 1 aromatic rings. The van der Waals surface area contributed by atoms with Gasteiger partial charge in [-0.25, -0.2) is 0 Å². The van der Waals surface area contributed by atoms with Crippen molar-refractivity contribution < 1.29 is 19.4 Å². The van der Waals surface area contributed by atoms with E-state index >= 15 is 0 Å². The Labute approximate surface area is 101 Å². The van der Waals surface area contributed by atoms with Crippen molar-refractivity contribution in [1.82, 2.24) is 0 Å². The number of aliphatic carboxylic acids is 1. The minimum atomic E-state index is -1.09. The van der Waals surface area contributed by atoms with Crippen LogP contribution in [-0.2, 0) is 4.79 Å². The number of rotatable bonds is 5. The summed E-state index contributed by atoms with van der Waals surface area (Å²) in [5, 5.41) is 8.57. The van der Waals surface area contributed by atoms with Gasteiger partial charge in [0.25, 0.3) is 0 Å². The zero-order valence-corrected chi connectivity index (χ0v) is 10.2. The number of halogens is 1. The Kier molecular flexibility index (Phi) is 4.57. The molecule has 16 heavy (non-hydrogen) atoms. The van der Waals surface area contributed by atoms with Gasteiger partial charge in [0.15, 0.2) is 0 Å². The molecule has 0 aromatic heterocycles. The summed E-state index contributed by atoms with van der Waals surface area (Å²) in [6, 6.07) is 4.08. The van der Waals surface area contributed by atoms with Crippen LogP contribution in [0.3, 0.4) is 0 Å². The van der Waals surface area contributed by atoms with Crippen molar-refractivity contribution in [2.24, 2.45) is 5.73 Å². The van der Waals surface area contributed by atoms with E-state index in [0.717, 1.165) is 0 Å². The number of nitrogens with two attached hydrogens (primary N) is 1. The average Bonchev–Trinajstić information content (AvgIpc) is 2.26. The molecular formula is C10H12BrNO4. The topological polar surface area (TPSA) is 81.8 Å². The predicted molar refractivity (Wildman–Crippen MR) is 61.8 cm³/mol. The summed E-state index contributed by atoms with van der Waals surface area (Å²) in [5.74, 6) is 0.115. The minimum absolute atomic E-state index is 0.0831. The van der Waals surface area contributed by atoms with Crippen molar-refractivity contribution >= 4 is 21.9 Å². The molecule has 3 N–H and O–H groups in total. The second kappa shape index (κ2) is 5.72. The first-order chi connectivity index (χ1) is 7.54. The van der Waals surface area contributed by atoms with E-state index in [2.05, 4.69) is 15.9 Å². The predicted octanol–water partition coefficient (Wildman–Crippen LogP) is 1.25. The molecule has 0 aliphatic heterocycles. The first-order valence-electron chi connectivity index (χ1n) is 4.49. The van der Waals surface area contributed by atoms with Crippen LogP contribution in [0.4, 0.5) is 0 Å². The largest absolute Gasteiger partial charge is 0.497 e. The maximum Gasteiger partial charge on any atom is 0.324 e. The van der Waals surface area contributed by atoms with Crippen molar-refractivity contribution in [2.75, 3.05) is 13.7 Å². The van der Waals surface area contributed by atoms with Gasteiger partial charge in [-0.05, 0) is 34.1 Å². The zero-order valence-electron chi connectivity index (χ0n) is 8.64. The van der Waals surface area contributed by atoms with Crippen LogP contribution in [0.15, 0.2) is 22.7 Å². The maximum absolute atomic E-state index is 10.5. The second-order valence-electron chi connectivity index (χ2n) is 3.05. The SMILES string of the molecule is COc1ccc(OC[C@H](N)C(=O)O)c(Br)c1. The van der Waals surface area contributed by atoms with Gasteiger partial charge in [-0.3, -0.25) is 4.79 Å². The zero-order chi connectivity index (χ0) is 12.1. The molecule has 1 atom stereocenters. The number of carbonyl (C=O) groups is 1. The van der Waals surface area contributed by atoms with E-state index in [1.807, 2.05) is 0 Å². The van der Waals surface area contributed by atoms with Gasteiger partial charge in [0.2, 0.25) is 0 Å². The molecule has 88 valence electrons. The van der Waals surface area contributed by atoms with Crippen molar-refractivity contribution in [1.29, 1.82) is 0 Å².